The molecular weight excluding hydrogens is 363 g/mol. The van der Waals surface area contributed by atoms with Crippen molar-refractivity contribution in [1.82, 2.24) is 20.0 Å². The number of halogens is 1. The molecular formula is C20H33FN4O3. The van der Waals surface area contributed by atoms with E-state index in [-0.39, 0.29) is 18.2 Å². The topological polar surface area (TPSA) is 65.1 Å². The molecule has 0 aliphatic carbocycles. The summed E-state index contributed by atoms with van der Waals surface area (Å²) in [6.45, 7) is 9.37. The number of amides is 2. The first-order chi connectivity index (χ1) is 13.5. The first-order valence-electron chi connectivity index (χ1n) is 10.5. The molecule has 2 amide bonds. The van der Waals surface area contributed by atoms with Gasteiger partial charge in [-0.25, -0.2) is 4.39 Å². The summed E-state index contributed by atoms with van der Waals surface area (Å²) in [4.78, 5) is 30.1. The average Bonchev–Trinajstić information content (AvgIpc) is 2.70. The predicted octanol–water partition coefficient (Wildman–Crippen LogP) is 0.764. The largest absolute Gasteiger partial charge is 0.375 e. The lowest BCUT2D eigenvalue weighted by Gasteiger charge is -2.38. The van der Waals surface area contributed by atoms with Gasteiger partial charge in [0.05, 0.1) is 25.2 Å². The van der Waals surface area contributed by atoms with Crippen LogP contribution in [-0.2, 0) is 14.3 Å². The second-order valence-corrected chi connectivity index (χ2v) is 8.02. The highest BCUT2D eigenvalue weighted by atomic mass is 19.1. The van der Waals surface area contributed by atoms with E-state index < -0.39 is 5.83 Å². The summed E-state index contributed by atoms with van der Waals surface area (Å²) >= 11 is 0. The van der Waals surface area contributed by atoms with Crippen molar-refractivity contribution in [2.45, 2.75) is 44.3 Å². The van der Waals surface area contributed by atoms with Crippen LogP contribution < -0.4 is 5.32 Å². The number of carbonyl (C=O) groups is 2. The minimum atomic E-state index is -0.615. The van der Waals surface area contributed by atoms with Gasteiger partial charge in [0.25, 0.3) is 0 Å². The number of nitrogens with one attached hydrogen (secondary N) is 1. The van der Waals surface area contributed by atoms with E-state index in [2.05, 4.69) is 16.8 Å². The van der Waals surface area contributed by atoms with E-state index >= 15 is 0 Å². The molecule has 0 unspecified atom stereocenters. The lowest BCUT2D eigenvalue weighted by Crippen LogP contribution is -2.53. The van der Waals surface area contributed by atoms with E-state index in [9.17, 15) is 14.0 Å². The SMILES string of the molecule is C=C(F)CC(=O)N1CCN(C(=O)CN2CCC(OC3CCNCC3)CC2)CC1. The fraction of sp³-hybridized carbons (Fsp3) is 0.800. The van der Waals surface area contributed by atoms with Gasteiger partial charge in [-0.05, 0) is 38.8 Å². The molecule has 0 radical (unpaired) electrons. The Morgan fingerprint density at radius 3 is 2.00 bits per heavy atom. The normalized spacial score (nSPS) is 23.0. The van der Waals surface area contributed by atoms with Gasteiger partial charge in [0.15, 0.2) is 0 Å². The fourth-order valence-corrected chi connectivity index (χ4v) is 4.18. The third-order valence-electron chi connectivity index (χ3n) is 5.89. The van der Waals surface area contributed by atoms with Crippen molar-refractivity contribution >= 4 is 11.8 Å². The summed E-state index contributed by atoms with van der Waals surface area (Å²) in [6, 6.07) is 0. The Morgan fingerprint density at radius 2 is 1.43 bits per heavy atom. The smallest absolute Gasteiger partial charge is 0.236 e. The Balaban J connectivity index is 1.33. The molecule has 3 aliphatic rings. The Morgan fingerprint density at radius 1 is 0.893 bits per heavy atom. The van der Waals surface area contributed by atoms with Crippen molar-refractivity contribution in [1.29, 1.82) is 0 Å². The number of piperazine rings is 1. The van der Waals surface area contributed by atoms with Crippen LogP contribution in [0.3, 0.4) is 0 Å². The number of hydrogen-bond acceptors (Lipinski definition) is 5. The zero-order chi connectivity index (χ0) is 19.9. The molecule has 3 rings (SSSR count). The van der Waals surface area contributed by atoms with E-state index in [1.807, 2.05) is 4.90 Å². The van der Waals surface area contributed by atoms with Crippen LogP contribution in [0.5, 0.6) is 0 Å². The summed E-state index contributed by atoms with van der Waals surface area (Å²) < 4.78 is 19.0. The first-order valence-corrected chi connectivity index (χ1v) is 10.5. The van der Waals surface area contributed by atoms with Gasteiger partial charge in [-0.2, -0.15) is 0 Å². The van der Waals surface area contributed by atoms with Gasteiger partial charge in [0.1, 0.15) is 5.83 Å². The Hall–Kier alpha value is -1.51. The molecule has 0 spiro atoms. The van der Waals surface area contributed by atoms with Crippen LogP contribution in [0, 0.1) is 0 Å². The molecule has 1 N–H and O–H groups in total. The highest BCUT2D eigenvalue weighted by Gasteiger charge is 2.28. The van der Waals surface area contributed by atoms with Crippen LogP contribution in [-0.4, -0.2) is 97.6 Å². The standard InChI is InChI=1S/C20H33FN4O3/c1-16(21)14-19(26)24-10-12-25(13-11-24)20(27)15-23-8-4-18(5-9-23)28-17-2-6-22-7-3-17/h17-18,22H,1-15H2. The van der Waals surface area contributed by atoms with E-state index in [1.54, 1.807) is 4.90 Å². The molecule has 0 saturated carbocycles. The molecule has 3 fully saturated rings. The number of rotatable bonds is 6. The number of hydrogen-bond donors (Lipinski definition) is 1. The number of likely N-dealkylation sites (tertiary alicyclic amines) is 1. The highest BCUT2D eigenvalue weighted by Crippen LogP contribution is 2.19. The van der Waals surface area contributed by atoms with Crippen molar-refractivity contribution in [3.05, 3.63) is 12.4 Å². The van der Waals surface area contributed by atoms with Gasteiger partial charge in [0.2, 0.25) is 11.8 Å². The quantitative estimate of drug-likeness (QED) is 0.718. The maximum Gasteiger partial charge on any atom is 0.236 e. The summed E-state index contributed by atoms with van der Waals surface area (Å²) in [6.07, 6.45) is 4.57. The Bertz CT molecular complexity index is 552. The van der Waals surface area contributed by atoms with E-state index in [4.69, 9.17) is 4.74 Å². The number of ether oxygens (including phenoxy) is 1. The van der Waals surface area contributed by atoms with Crippen LogP contribution in [0.15, 0.2) is 12.4 Å². The van der Waals surface area contributed by atoms with E-state index in [1.165, 1.54) is 0 Å². The second-order valence-electron chi connectivity index (χ2n) is 8.02. The lowest BCUT2D eigenvalue weighted by molar-refractivity contribution is -0.140. The molecule has 7 nitrogen and oxygen atoms in total. The van der Waals surface area contributed by atoms with Crippen molar-refractivity contribution in [3.8, 4) is 0 Å². The average molecular weight is 397 g/mol. The lowest BCUT2D eigenvalue weighted by atomic mass is 10.1. The monoisotopic (exact) mass is 396 g/mol. The highest BCUT2D eigenvalue weighted by molar-refractivity contribution is 5.80. The second kappa shape index (κ2) is 10.3. The van der Waals surface area contributed by atoms with Crippen molar-refractivity contribution in [2.24, 2.45) is 0 Å². The van der Waals surface area contributed by atoms with E-state index in [0.29, 0.717) is 44.9 Å². The van der Waals surface area contributed by atoms with Crippen LogP contribution in [0.1, 0.15) is 32.1 Å². The molecule has 3 aliphatic heterocycles. The predicted molar refractivity (Wildman–Crippen MR) is 104 cm³/mol. The minimum absolute atomic E-state index is 0.111. The molecule has 158 valence electrons. The molecule has 0 aromatic rings. The Labute approximate surface area is 166 Å². The van der Waals surface area contributed by atoms with Crippen molar-refractivity contribution in [3.63, 3.8) is 0 Å². The zero-order valence-electron chi connectivity index (χ0n) is 16.7. The number of nitrogens with zero attached hydrogens (tertiary/aromatic N) is 3. The van der Waals surface area contributed by atoms with Crippen molar-refractivity contribution in [2.75, 3.05) is 58.9 Å². The molecule has 0 atom stereocenters. The van der Waals surface area contributed by atoms with Gasteiger partial charge in [-0.1, -0.05) is 6.58 Å². The van der Waals surface area contributed by atoms with Crippen LogP contribution in [0.25, 0.3) is 0 Å². The molecule has 0 aromatic heterocycles. The molecule has 3 heterocycles. The molecule has 8 heteroatoms. The number of piperidine rings is 2. The molecule has 0 aromatic carbocycles. The minimum Gasteiger partial charge on any atom is -0.375 e. The molecule has 0 bridgehead atoms. The van der Waals surface area contributed by atoms with Gasteiger partial charge >= 0.3 is 0 Å². The van der Waals surface area contributed by atoms with E-state index in [0.717, 1.165) is 51.9 Å². The molecule has 3 saturated heterocycles. The maximum absolute atomic E-state index is 12.8. The summed E-state index contributed by atoms with van der Waals surface area (Å²) in [5.41, 5.74) is 0. The van der Waals surface area contributed by atoms with Gasteiger partial charge < -0.3 is 19.9 Å². The maximum atomic E-state index is 12.8. The van der Waals surface area contributed by atoms with Crippen LogP contribution in [0.4, 0.5) is 4.39 Å². The van der Waals surface area contributed by atoms with Gasteiger partial charge in [-0.15, -0.1) is 0 Å². The third kappa shape index (κ3) is 6.25. The zero-order valence-corrected chi connectivity index (χ0v) is 16.7. The summed E-state index contributed by atoms with van der Waals surface area (Å²) in [5, 5.41) is 3.36. The fourth-order valence-electron chi connectivity index (χ4n) is 4.18. The van der Waals surface area contributed by atoms with Crippen LogP contribution >= 0.6 is 0 Å². The van der Waals surface area contributed by atoms with Crippen LogP contribution in [0.2, 0.25) is 0 Å². The van der Waals surface area contributed by atoms with Gasteiger partial charge in [0, 0.05) is 39.3 Å². The number of carbonyl (C=O) groups excluding carboxylic acids is 2. The van der Waals surface area contributed by atoms with Gasteiger partial charge in [-0.3, -0.25) is 14.5 Å². The van der Waals surface area contributed by atoms with Crippen molar-refractivity contribution < 1.29 is 18.7 Å². The third-order valence-corrected chi connectivity index (χ3v) is 5.89. The molecule has 28 heavy (non-hydrogen) atoms. The Kier molecular flexibility index (Phi) is 7.82. The summed E-state index contributed by atoms with van der Waals surface area (Å²) in [5.74, 6) is -0.758. The summed E-state index contributed by atoms with van der Waals surface area (Å²) in [7, 11) is 0. The first kappa shape index (κ1) is 21.2.